The largest absolute Gasteiger partial charge is 0.418 e. The van der Waals surface area contributed by atoms with E-state index >= 15 is 0 Å². The van der Waals surface area contributed by atoms with Crippen molar-refractivity contribution in [2.45, 2.75) is 25.4 Å². The van der Waals surface area contributed by atoms with Gasteiger partial charge in [-0.2, -0.15) is 18.3 Å². The molecule has 2 aromatic rings. The van der Waals surface area contributed by atoms with E-state index in [9.17, 15) is 13.2 Å². The van der Waals surface area contributed by atoms with Crippen molar-refractivity contribution < 1.29 is 13.2 Å². The quantitative estimate of drug-likeness (QED) is 0.787. The molecule has 0 saturated carbocycles. The molecule has 0 spiro atoms. The topological polar surface area (TPSA) is 24.4 Å². The van der Waals surface area contributed by atoms with Crippen molar-refractivity contribution in [3.63, 3.8) is 0 Å². The Morgan fingerprint density at radius 3 is 2.45 bits per heavy atom. The van der Waals surface area contributed by atoms with Gasteiger partial charge in [0.15, 0.2) is 0 Å². The molecule has 0 radical (unpaired) electrons. The summed E-state index contributed by atoms with van der Waals surface area (Å²) in [5, 5.41) is 4.24. The number of aryl methyl sites for hydroxylation is 1. The predicted molar refractivity (Wildman–Crippen MR) is 81.0 cm³/mol. The van der Waals surface area contributed by atoms with Crippen molar-refractivity contribution in [1.29, 1.82) is 0 Å². The van der Waals surface area contributed by atoms with Gasteiger partial charge in [-0.15, -0.1) is 0 Å². The van der Waals surface area contributed by atoms with Crippen LogP contribution in [0.5, 0.6) is 0 Å². The molecule has 114 valence electrons. The summed E-state index contributed by atoms with van der Waals surface area (Å²) in [6.07, 6.45) is -1.70. The second-order valence-electron chi connectivity index (χ2n) is 5.22. The molecular weight excluding hydrogens is 289 g/mol. The van der Waals surface area contributed by atoms with Gasteiger partial charge < -0.3 is 0 Å². The van der Waals surface area contributed by atoms with Gasteiger partial charge in [-0.3, -0.25) is 5.43 Å². The van der Waals surface area contributed by atoms with Crippen LogP contribution < -0.4 is 5.43 Å². The molecule has 0 heterocycles. The van der Waals surface area contributed by atoms with Gasteiger partial charge in [0.1, 0.15) is 0 Å². The van der Waals surface area contributed by atoms with Crippen molar-refractivity contribution >= 4 is 11.4 Å². The molecule has 0 bridgehead atoms. The number of hydrogen-bond donors (Lipinski definition) is 1. The molecule has 0 aliphatic heterocycles. The summed E-state index contributed by atoms with van der Waals surface area (Å²) in [4.78, 5) is 0. The molecule has 22 heavy (non-hydrogen) atoms. The molecule has 5 heteroatoms. The molecule has 0 fully saturated rings. The lowest BCUT2D eigenvalue weighted by Crippen LogP contribution is -2.14. The highest BCUT2D eigenvalue weighted by molar-refractivity contribution is 6.03. The minimum atomic E-state index is -4.39. The van der Waals surface area contributed by atoms with Crippen molar-refractivity contribution in [3.8, 4) is 0 Å². The zero-order chi connectivity index (χ0) is 15.6. The van der Waals surface area contributed by atoms with Gasteiger partial charge in [0, 0.05) is 5.56 Å². The van der Waals surface area contributed by atoms with Crippen LogP contribution in [0.3, 0.4) is 0 Å². The van der Waals surface area contributed by atoms with Crippen LogP contribution in [0.2, 0.25) is 0 Å². The summed E-state index contributed by atoms with van der Waals surface area (Å²) in [5.74, 6) is 0. The molecule has 0 unspecified atom stereocenters. The number of benzene rings is 2. The summed E-state index contributed by atoms with van der Waals surface area (Å²) in [6, 6.07) is 13.3. The van der Waals surface area contributed by atoms with Gasteiger partial charge in [-0.1, -0.05) is 36.4 Å². The highest BCUT2D eigenvalue weighted by Crippen LogP contribution is 2.34. The summed E-state index contributed by atoms with van der Waals surface area (Å²) in [7, 11) is 0. The Morgan fingerprint density at radius 1 is 0.909 bits per heavy atom. The maximum Gasteiger partial charge on any atom is 0.418 e. The highest BCUT2D eigenvalue weighted by atomic mass is 19.4. The Bertz CT molecular complexity index is 705. The molecule has 2 aromatic carbocycles. The first-order chi connectivity index (χ1) is 10.6. The third-order valence-electron chi connectivity index (χ3n) is 3.73. The van der Waals surface area contributed by atoms with Gasteiger partial charge >= 0.3 is 6.18 Å². The standard InChI is InChI=1S/C17H15F3N2/c18-17(19,20)14-9-3-4-10-16(14)22-21-15-11-5-7-12-6-1-2-8-13(12)15/h1-4,6,8-10,22H,5,7,11H2. The zero-order valence-corrected chi connectivity index (χ0v) is 11.8. The number of nitrogens with zero attached hydrogens (tertiary/aromatic N) is 1. The summed E-state index contributed by atoms with van der Waals surface area (Å²) >= 11 is 0. The smallest absolute Gasteiger partial charge is 0.278 e. The third-order valence-corrected chi connectivity index (χ3v) is 3.73. The Morgan fingerprint density at radius 2 is 1.64 bits per heavy atom. The Hall–Kier alpha value is -2.30. The molecule has 0 saturated heterocycles. The highest BCUT2D eigenvalue weighted by Gasteiger charge is 2.33. The summed E-state index contributed by atoms with van der Waals surface area (Å²) in [5.41, 5.74) is 4.89. The van der Waals surface area contributed by atoms with E-state index in [1.165, 1.54) is 17.7 Å². The number of anilines is 1. The Kier molecular flexibility index (Phi) is 3.88. The van der Waals surface area contributed by atoms with E-state index < -0.39 is 11.7 Å². The van der Waals surface area contributed by atoms with Crippen LogP contribution in [0.25, 0.3) is 0 Å². The predicted octanol–water partition coefficient (Wildman–Crippen LogP) is 4.86. The van der Waals surface area contributed by atoms with E-state index in [4.69, 9.17) is 0 Å². The molecule has 0 aromatic heterocycles. The SMILES string of the molecule is FC(F)(F)c1ccccc1NN=C1CCCc2ccccc21. The second kappa shape index (κ2) is 5.83. The first-order valence-corrected chi connectivity index (χ1v) is 7.13. The fraction of sp³-hybridized carbons (Fsp3) is 0.235. The number of para-hydroxylation sites is 1. The fourth-order valence-electron chi connectivity index (χ4n) is 2.67. The minimum absolute atomic E-state index is 0.0226. The summed E-state index contributed by atoms with van der Waals surface area (Å²) in [6.45, 7) is 0. The molecule has 3 rings (SSSR count). The van der Waals surface area contributed by atoms with Crippen molar-refractivity contribution in [3.05, 3.63) is 65.2 Å². The number of hydrazone groups is 1. The zero-order valence-electron chi connectivity index (χ0n) is 11.8. The van der Waals surface area contributed by atoms with Crippen LogP contribution in [0.15, 0.2) is 53.6 Å². The van der Waals surface area contributed by atoms with Crippen LogP contribution >= 0.6 is 0 Å². The second-order valence-corrected chi connectivity index (χ2v) is 5.22. The van der Waals surface area contributed by atoms with Crippen LogP contribution in [-0.2, 0) is 12.6 Å². The molecule has 1 aliphatic rings. The van der Waals surface area contributed by atoms with Gasteiger partial charge in [-0.25, -0.2) is 0 Å². The third kappa shape index (κ3) is 2.98. The van der Waals surface area contributed by atoms with Gasteiger partial charge in [0.05, 0.1) is 17.0 Å². The first kappa shape index (κ1) is 14.6. The van der Waals surface area contributed by atoms with E-state index in [1.807, 2.05) is 24.3 Å². The van der Waals surface area contributed by atoms with Crippen molar-refractivity contribution in [2.24, 2.45) is 5.10 Å². The fourth-order valence-corrected chi connectivity index (χ4v) is 2.67. The van der Waals surface area contributed by atoms with Crippen LogP contribution in [0, 0.1) is 0 Å². The van der Waals surface area contributed by atoms with Crippen LogP contribution in [0.1, 0.15) is 29.5 Å². The van der Waals surface area contributed by atoms with E-state index in [0.717, 1.165) is 36.6 Å². The average Bonchev–Trinajstić information content (AvgIpc) is 2.52. The molecule has 0 atom stereocenters. The van der Waals surface area contributed by atoms with Crippen molar-refractivity contribution in [1.82, 2.24) is 0 Å². The average molecular weight is 304 g/mol. The molecule has 2 nitrogen and oxygen atoms in total. The summed E-state index contributed by atoms with van der Waals surface area (Å²) < 4.78 is 38.9. The maximum atomic E-state index is 13.0. The van der Waals surface area contributed by atoms with E-state index in [0.29, 0.717) is 0 Å². The Labute approximate surface area is 126 Å². The molecule has 1 aliphatic carbocycles. The lowest BCUT2D eigenvalue weighted by molar-refractivity contribution is -0.136. The lowest BCUT2D eigenvalue weighted by Gasteiger charge is -2.18. The molecule has 0 amide bonds. The van der Waals surface area contributed by atoms with Crippen molar-refractivity contribution in [2.75, 3.05) is 5.43 Å². The first-order valence-electron chi connectivity index (χ1n) is 7.13. The number of alkyl halides is 3. The number of hydrogen-bond acceptors (Lipinski definition) is 2. The van der Waals surface area contributed by atoms with Crippen LogP contribution in [-0.4, -0.2) is 5.71 Å². The Balaban J connectivity index is 1.90. The van der Waals surface area contributed by atoms with Gasteiger partial charge in [0.2, 0.25) is 0 Å². The van der Waals surface area contributed by atoms with Gasteiger partial charge in [-0.05, 0) is 37.0 Å². The monoisotopic (exact) mass is 304 g/mol. The number of rotatable bonds is 2. The van der Waals surface area contributed by atoms with E-state index in [1.54, 1.807) is 6.07 Å². The molecular formula is C17H15F3N2. The van der Waals surface area contributed by atoms with E-state index in [-0.39, 0.29) is 5.69 Å². The number of nitrogens with one attached hydrogen (secondary N) is 1. The minimum Gasteiger partial charge on any atom is -0.278 e. The normalized spacial score (nSPS) is 16.4. The van der Waals surface area contributed by atoms with Gasteiger partial charge in [0.25, 0.3) is 0 Å². The lowest BCUT2D eigenvalue weighted by atomic mass is 9.90. The molecule has 1 N–H and O–H groups in total. The maximum absolute atomic E-state index is 13.0. The van der Waals surface area contributed by atoms with Crippen LogP contribution in [0.4, 0.5) is 18.9 Å². The van der Waals surface area contributed by atoms with E-state index in [2.05, 4.69) is 10.5 Å². The number of halogens is 3. The number of fused-ring (bicyclic) bond motifs is 1.